The number of nitrogens with one attached hydrogen (secondary N) is 1. The number of hydrogen-bond acceptors (Lipinski definition) is 3. The minimum atomic E-state index is -3.74. The number of rotatable bonds is 5. The molecule has 2 aromatic rings. The van der Waals surface area contributed by atoms with Crippen LogP contribution in [0.4, 0.5) is 11.4 Å². The summed E-state index contributed by atoms with van der Waals surface area (Å²) in [6, 6.07) is 11.7. The first-order valence-electron chi connectivity index (χ1n) is 6.60. The van der Waals surface area contributed by atoms with Crippen LogP contribution in [-0.2, 0) is 16.4 Å². The quantitative estimate of drug-likeness (QED) is 0.824. The average molecular weight is 325 g/mol. The number of para-hydroxylation sites is 1. The maximum absolute atomic E-state index is 12.5. The van der Waals surface area contributed by atoms with Crippen molar-refractivity contribution in [3.8, 4) is 0 Å². The van der Waals surface area contributed by atoms with Crippen LogP contribution < -0.4 is 10.5 Å². The summed E-state index contributed by atoms with van der Waals surface area (Å²) in [5.74, 6) is 0. The molecule has 3 N–H and O–H groups in total. The van der Waals surface area contributed by atoms with E-state index in [2.05, 4.69) is 4.72 Å². The highest BCUT2D eigenvalue weighted by Gasteiger charge is 2.19. The lowest BCUT2D eigenvalue weighted by molar-refractivity contribution is 0.601. The van der Waals surface area contributed by atoms with E-state index >= 15 is 0 Å². The molecule has 2 aromatic carbocycles. The molecule has 0 aliphatic rings. The van der Waals surface area contributed by atoms with Crippen molar-refractivity contribution in [1.82, 2.24) is 0 Å². The first-order chi connectivity index (χ1) is 9.94. The molecule has 21 heavy (non-hydrogen) atoms. The van der Waals surface area contributed by atoms with E-state index in [0.29, 0.717) is 11.4 Å². The van der Waals surface area contributed by atoms with Crippen LogP contribution in [0, 0.1) is 0 Å². The standard InChI is InChI=1S/C15H17ClN2O2S/c1-2-5-11-6-3-4-7-14(11)18-21(19,20)15-9-8-12(17)10-13(15)16/h3-4,6-10,18H,2,5,17H2,1H3. The average Bonchev–Trinajstić information content (AvgIpc) is 2.40. The molecule has 0 radical (unpaired) electrons. The molecule has 0 fully saturated rings. The van der Waals surface area contributed by atoms with Crippen molar-refractivity contribution in [2.24, 2.45) is 0 Å². The van der Waals surface area contributed by atoms with Crippen molar-refractivity contribution in [2.75, 3.05) is 10.5 Å². The van der Waals surface area contributed by atoms with Gasteiger partial charge in [-0.1, -0.05) is 43.1 Å². The van der Waals surface area contributed by atoms with Gasteiger partial charge in [0.2, 0.25) is 0 Å². The Morgan fingerprint density at radius 2 is 1.90 bits per heavy atom. The van der Waals surface area contributed by atoms with E-state index in [0.717, 1.165) is 18.4 Å². The molecular weight excluding hydrogens is 308 g/mol. The van der Waals surface area contributed by atoms with Crippen molar-refractivity contribution in [1.29, 1.82) is 0 Å². The molecule has 0 saturated heterocycles. The Labute approximate surface area is 130 Å². The fraction of sp³-hybridized carbons (Fsp3) is 0.200. The van der Waals surface area contributed by atoms with Gasteiger partial charge in [0.1, 0.15) is 4.90 Å². The third-order valence-electron chi connectivity index (χ3n) is 3.03. The van der Waals surface area contributed by atoms with Crippen LogP contribution in [0.2, 0.25) is 5.02 Å². The van der Waals surface area contributed by atoms with Crippen LogP contribution in [0.1, 0.15) is 18.9 Å². The second-order valence-electron chi connectivity index (χ2n) is 4.70. The van der Waals surface area contributed by atoms with Gasteiger partial charge in [-0.15, -0.1) is 0 Å². The molecule has 112 valence electrons. The summed E-state index contributed by atoms with van der Waals surface area (Å²) >= 11 is 5.98. The van der Waals surface area contributed by atoms with Gasteiger partial charge >= 0.3 is 0 Å². The number of aryl methyl sites for hydroxylation is 1. The van der Waals surface area contributed by atoms with E-state index in [1.165, 1.54) is 18.2 Å². The van der Waals surface area contributed by atoms with Gasteiger partial charge in [-0.05, 0) is 36.2 Å². The first-order valence-corrected chi connectivity index (χ1v) is 8.46. The summed E-state index contributed by atoms with van der Waals surface area (Å²) in [4.78, 5) is 0.0182. The molecule has 0 bridgehead atoms. The first kappa shape index (κ1) is 15.7. The molecule has 0 amide bonds. The topological polar surface area (TPSA) is 72.2 Å². The van der Waals surface area contributed by atoms with E-state index in [9.17, 15) is 8.42 Å². The predicted molar refractivity (Wildman–Crippen MR) is 87.1 cm³/mol. The summed E-state index contributed by atoms with van der Waals surface area (Å²) in [5.41, 5.74) is 7.54. The van der Waals surface area contributed by atoms with E-state index in [1.807, 2.05) is 19.1 Å². The van der Waals surface area contributed by atoms with E-state index < -0.39 is 10.0 Å². The van der Waals surface area contributed by atoms with Gasteiger partial charge < -0.3 is 5.73 Å². The molecule has 0 aliphatic heterocycles. The van der Waals surface area contributed by atoms with Crippen molar-refractivity contribution >= 4 is 33.0 Å². The predicted octanol–water partition coefficient (Wildman–Crippen LogP) is 3.68. The fourth-order valence-electron chi connectivity index (χ4n) is 2.04. The molecule has 0 heterocycles. The Kier molecular flexibility index (Phi) is 4.75. The second-order valence-corrected chi connectivity index (χ2v) is 6.76. The molecule has 0 saturated carbocycles. The molecule has 0 aliphatic carbocycles. The number of nitrogen functional groups attached to an aromatic ring is 1. The van der Waals surface area contributed by atoms with Gasteiger partial charge in [0.25, 0.3) is 10.0 Å². The highest BCUT2D eigenvalue weighted by molar-refractivity contribution is 7.92. The van der Waals surface area contributed by atoms with Crippen molar-refractivity contribution in [3.05, 3.63) is 53.1 Å². The zero-order chi connectivity index (χ0) is 15.5. The van der Waals surface area contributed by atoms with Gasteiger partial charge in [0.15, 0.2) is 0 Å². The lowest BCUT2D eigenvalue weighted by Crippen LogP contribution is -2.14. The fourth-order valence-corrected chi connectivity index (χ4v) is 3.70. The molecule has 2 rings (SSSR count). The van der Waals surface area contributed by atoms with Crippen LogP contribution in [0.25, 0.3) is 0 Å². The highest BCUT2D eigenvalue weighted by atomic mass is 35.5. The number of nitrogens with two attached hydrogens (primary N) is 1. The van der Waals surface area contributed by atoms with Crippen LogP contribution in [0.5, 0.6) is 0 Å². The van der Waals surface area contributed by atoms with E-state index in [-0.39, 0.29) is 9.92 Å². The number of halogens is 1. The van der Waals surface area contributed by atoms with Gasteiger partial charge in [-0.3, -0.25) is 4.72 Å². The van der Waals surface area contributed by atoms with Gasteiger partial charge in [0.05, 0.1) is 10.7 Å². The maximum Gasteiger partial charge on any atom is 0.263 e. The zero-order valence-electron chi connectivity index (χ0n) is 11.6. The van der Waals surface area contributed by atoms with Crippen LogP contribution in [-0.4, -0.2) is 8.42 Å². The van der Waals surface area contributed by atoms with E-state index in [4.69, 9.17) is 17.3 Å². The summed E-state index contributed by atoms with van der Waals surface area (Å²) < 4.78 is 27.5. The largest absolute Gasteiger partial charge is 0.399 e. The lowest BCUT2D eigenvalue weighted by Gasteiger charge is -2.13. The van der Waals surface area contributed by atoms with Crippen molar-refractivity contribution < 1.29 is 8.42 Å². The Morgan fingerprint density at radius 3 is 2.57 bits per heavy atom. The number of sulfonamides is 1. The molecule has 0 atom stereocenters. The summed E-state index contributed by atoms with van der Waals surface area (Å²) in [5, 5.41) is 0.107. The Bertz CT molecular complexity index is 745. The SMILES string of the molecule is CCCc1ccccc1NS(=O)(=O)c1ccc(N)cc1Cl. The van der Waals surface area contributed by atoms with Crippen LogP contribution in [0.3, 0.4) is 0 Å². The Hall–Kier alpha value is -1.72. The Morgan fingerprint density at radius 1 is 1.19 bits per heavy atom. The number of anilines is 2. The summed E-state index contributed by atoms with van der Waals surface area (Å²) in [6.07, 6.45) is 1.73. The Balaban J connectivity index is 2.38. The van der Waals surface area contributed by atoms with Gasteiger partial charge in [0, 0.05) is 5.69 Å². The molecule has 0 spiro atoms. The van der Waals surface area contributed by atoms with Gasteiger partial charge in [-0.2, -0.15) is 0 Å². The van der Waals surface area contributed by atoms with Gasteiger partial charge in [-0.25, -0.2) is 8.42 Å². The minimum Gasteiger partial charge on any atom is -0.399 e. The smallest absolute Gasteiger partial charge is 0.263 e. The second kappa shape index (κ2) is 6.37. The number of hydrogen-bond donors (Lipinski definition) is 2. The van der Waals surface area contributed by atoms with Crippen molar-refractivity contribution in [2.45, 2.75) is 24.7 Å². The van der Waals surface area contributed by atoms with Crippen molar-refractivity contribution in [3.63, 3.8) is 0 Å². The monoisotopic (exact) mass is 324 g/mol. The van der Waals surface area contributed by atoms with Crippen LogP contribution >= 0.6 is 11.6 Å². The molecule has 0 unspecified atom stereocenters. The number of benzene rings is 2. The third-order valence-corrected chi connectivity index (χ3v) is 4.87. The zero-order valence-corrected chi connectivity index (χ0v) is 13.2. The maximum atomic E-state index is 12.5. The minimum absolute atomic E-state index is 0.0182. The molecule has 6 heteroatoms. The molecule has 0 aromatic heterocycles. The third kappa shape index (κ3) is 3.68. The van der Waals surface area contributed by atoms with Crippen LogP contribution in [0.15, 0.2) is 47.4 Å². The summed E-state index contributed by atoms with van der Waals surface area (Å²) in [7, 11) is -3.74. The van der Waals surface area contributed by atoms with E-state index in [1.54, 1.807) is 12.1 Å². The normalized spacial score (nSPS) is 11.3. The molecular formula is C15H17ClN2O2S. The summed E-state index contributed by atoms with van der Waals surface area (Å²) in [6.45, 7) is 2.04. The highest BCUT2D eigenvalue weighted by Crippen LogP contribution is 2.27. The molecule has 4 nitrogen and oxygen atoms in total. The lowest BCUT2D eigenvalue weighted by atomic mass is 10.1.